The Labute approximate surface area is 87.9 Å². The highest BCUT2D eigenvalue weighted by Crippen LogP contribution is 2.26. The highest BCUT2D eigenvalue weighted by atomic mass is 16.1. The molecule has 2 heteroatoms. The molecular formula is C13H10O2. The quantitative estimate of drug-likeness (QED) is 0.695. The number of ketones is 2. The third-order valence-corrected chi connectivity index (χ3v) is 2.61. The van der Waals surface area contributed by atoms with Gasteiger partial charge < -0.3 is 0 Å². The van der Waals surface area contributed by atoms with Gasteiger partial charge in [-0.3, -0.25) is 9.59 Å². The molecule has 15 heavy (non-hydrogen) atoms. The van der Waals surface area contributed by atoms with Gasteiger partial charge in [0.25, 0.3) is 0 Å². The van der Waals surface area contributed by atoms with Gasteiger partial charge in [0.05, 0.1) is 0 Å². The van der Waals surface area contributed by atoms with Gasteiger partial charge in [-0.25, -0.2) is 0 Å². The van der Waals surface area contributed by atoms with E-state index in [-0.39, 0.29) is 11.6 Å². The minimum Gasteiger partial charge on any atom is -0.289 e. The second-order valence-electron chi connectivity index (χ2n) is 3.45. The van der Waals surface area contributed by atoms with Gasteiger partial charge in [0.1, 0.15) is 0 Å². The largest absolute Gasteiger partial charge is 0.289 e. The molecule has 1 aromatic rings. The van der Waals surface area contributed by atoms with Gasteiger partial charge in [-0.15, -0.1) is 0 Å². The lowest BCUT2D eigenvalue weighted by Gasteiger charge is -2.16. The lowest BCUT2D eigenvalue weighted by molar-refractivity contribution is 0.0978. The van der Waals surface area contributed by atoms with E-state index < -0.39 is 0 Å². The van der Waals surface area contributed by atoms with Crippen LogP contribution in [0.2, 0.25) is 0 Å². The summed E-state index contributed by atoms with van der Waals surface area (Å²) in [6.45, 7) is 5.22. The number of hydrogen-bond donors (Lipinski definition) is 0. The summed E-state index contributed by atoms with van der Waals surface area (Å²) in [6.07, 6.45) is 1.45. The molecule has 0 heterocycles. The van der Waals surface area contributed by atoms with Gasteiger partial charge >= 0.3 is 0 Å². The van der Waals surface area contributed by atoms with Crippen LogP contribution in [0.25, 0.3) is 0 Å². The zero-order chi connectivity index (χ0) is 11.0. The van der Waals surface area contributed by atoms with Gasteiger partial charge in [-0.2, -0.15) is 0 Å². The Morgan fingerprint density at radius 1 is 1.07 bits per heavy atom. The standard InChI is InChI=1S/C13H10O2/c1-3-9-8(2)12(14)10-6-4-5-7-11(10)13(9)15/h3-7H,1H2,2H3. The van der Waals surface area contributed by atoms with Crippen molar-refractivity contribution in [2.24, 2.45) is 0 Å². The second kappa shape index (κ2) is 3.31. The summed E-state index contributed by atoms with van der Waals surface area (Å²) in [7, 11) is 0. The van der Waals surface area contributed by atoms with Crippen molar-refractivity contribution in [3.8, 4) is 0 Å². The van der Waals surface area contributed by atoms with E-state index >= 15 is 0 Å². The van der Waals surface area contributed by atoms with Crippen molar-refractivity contribution in [1.29, 1.82) is 0 Å². The average Bonchev–Trinajstić information content (AvgIpc) is 2.27. The van der Waals surface area contributed by atoms with Crippen molar-refractivity contribution in [1.82, 2.24) is 0 Å². The maximum Gasteiger partial charge on any atom is 0.194 e. The number of allylic oxidation sites excluding steroid dienone is 3. The lowest BCUT2D eigenvalue weighted by Crippen LogP contribution is -2.19. The van der Waals surface area contributed by atoms with E-state index in [1.54, 1.807) is 31.2 Å². The van der Waals surface area contributed by atoms with Crippen LogP contribution in [0.1, 0.15) is 27.6 Å². The molecule has 0 saturated carbocycles. The van der Waals surface area contributed by atoms with Gasteiger partial charge in [0.15, 0.2) is 11.6 Å². The number of fused-ring (bicyclic) bond motifs is 1. The maximum atomic E-state index is 11.9. The van der Waals surface area contributed by atoms with E-state index in [9.17, 15) is 9.59 Å². The predicted octanol–water partition coefficient (Wildman–Crippen LogP) is 2.57. The van der Waals surface area contributed by atoms with Crippen LogP contribution in [-0.4, -0.2) is 11.6 Å². The zero-order valence-electron chi connectivity index (χ0n) is 8.41. The zero-order valence-corrected chi connectivity index (χ0v) is 8.41. The number of rotatable bonds is 1. The summed E-state index contributed by atoms with van der Waals surface area (Å²) >= 11 is 0. The molecule has 0 N–H and O–H groups in total. The van der Waals surface area contributed by atoms with Crippen LogP contribution in [0.4, 0.5) is 0 Å². The monoisotopic (exact) mass is 198 g/mol. The number of benzene rings is 1. The Kier molecular flexibility index (Phi) is 2.12. The minimum atomic E-state index is -0.113. The van der Waals surface area contributed by atoms with E-state index in [1.807, 2.05) is 0 Å². The summed E-state index contributed by atoms with van der Waals surface area (Å²) < 4.78 is 0. The molecule has 0 aromatic heterocycles. The summed E-state index contributed by atoms with van der Waals surface area (Å²) in [5.41, 5.74) is 1.86. The second-order valence-corrected chi connectivity index (χ2v) is 3.45. The molecule has 0 fully saturated rings. The maximum absolute atomic E-state index is 11.9. The predicted molar refractivity (Wildman–Crippen MR) is 58.0 cm³/mol. The molecule has 0 radical (unpaired) electrons. The van der Waals surface area contributed by atoms with Crippen LogP contribution in [0.5, 0.6) is 0 Å². The van der Waals surface area contributed by atoms with Gasteiger partial charge in [-0.05, 0) is 6.92 Å². The molecule has 1 aliphatic carbocycles. The van der Waals surface area contributed by atoms with E-state index in [2.05, 4.69) is 6.58 Å². The van der Waals surface area contributed by atoms with Gasteiger partial charge in [0.2, 0.25) is 0 Å². The molecule has 0 spiro atoms. The third-order valence-electron chi connectivity index (χ3n) is 2.61. The first kappa shape index (κ1) is 9.59. The van der Waals surface area contributed by atoms with Gasteiger partial charge in [-0.1, -0.05) is 36.9 Å². The molecule has 2 rings (SSSR count). The van der Waals surface area contributed by atoms with E-state index in [0.717, 1.165) is 0 Å². The Hall–Kier alpha value is -1.96. The Bertz CT molecular complexity index is 507. The number of hydrogen-bond acceptors (Lipinski definition) is 2. The van der Waals surface area contributed by atoms with E-state index in [1.165, 1.54) is 6.08 Å². The van der Waals surface area contributed by atoms with Crippen LogP contribution in [-0.2, 0) is 0 Å². The van der Waals surface area contributed by atoms with Crippen LogP contribution in [0.15, 0.2) is 48.1 Å². The Balaban J connectivity index is 2.73. The fourth-order valence-electron chi connectivity index (χ4n) is 1.76. The normalized spacial score (nSPS) is 15.3. The first-order valence-corrected chi connectivity index (χ1v) is 4.68. The van der Waals surface area contributed by atoms with E-state index in [0.29, 0.717) is 22.3 Å². The number of carbonyl (C=O) groups is 2. The topological polar surface area (TPSA) is 34.1 Å². The fourth-order valence-corrected chi connectivity index (χ4v) is 1.76. The average molecular weight is 198 g/mol. The Morgan fingerprint density at radius 2 is 1.60 bits per heavy atom. The smallest absolute Gasteiger partial charge is 0.194 e. The molecule has 1 aliphatic rings. The molecule has 0 bridgehead atoms. The molecule has 74 valence electrons. The summed E-state index contributed by atoms with van der Waals surface area (Å²) in [6, 6.07) is 6.87. The molecule has 0 unspecified atom stereocenters. The highest BCUT2D eigenvalue weighted by molar-refractivity contribution is 6.27. The van der Waals surface area contributed by atoms with Crippen molar-refractivity contribution in [3.05, 3.63) is 59.2 Å². The number of Topliss-reactive ketones (excluding diaryl/α,β-unsaturated/α-hetero) is 2. The van der Waals surface area contributed by atoms with Crippen molar-refractivity contribution in [2.45, 2.75) is 6.92 Å². The molecule has 0 atom stereocenters. The van der Waals surface area contributed by atoms with Crippen molar-refractivity contribution >= 4 is 11.6 Å². The lowest BCUT2D eigenvalue weighted by atomic mass is 9.85. The van der Waals surface area contributed by atoms with Crippen LogP contribution in [0.3, 0.4) is 0 Å². The molecule has 2 nitrogen and oxygen atoms in total. The van der Waals surface area contributed by atoms with Crippen LogP contribution in [0, 0.1) is 0 Å². The summed E-state index contributed by atoms with van der Waals surface area (Å²) in [4.78, 5) is 23.8. The summed E-state index contributed by atoms with van der Waals surface area (Å²) in [5, 5.41) is 0. The first-order chi connectivity index (χ1) is 7.16. The Morgan fingerprint density at radius 3 is 2.13 bits per heavy atom. The summed E-state index contributed by atoms with van der Waals surface area (Å²) in [5.74, 6) is -0.196. The molecule has 0 aliphatic heterocycles. The van der Waals surface area contributed by atoms with Crippen LogP contribution >= 0.6 is 0 Å². The molecular weight excluding hydrogens is 188 g/mol. The van der Waals surface area contributed by atoms with Crippen molar-refractivity contribution in [2.75, 3.05) is 0 Å². The highest BCUT2D eigenvalue weighted by Gasteiger charge is 2.27. The van der Waals surface area contributed by atoms with Crippen molar-refractivity contribution < 1.29 is 9.59 Å². The SMILES string of the molecule is C=CC1=C(C)C(=O)c2ccccc2C1=O. The number of carbonyl (C=O) groups excluding carboxylic acids is 2. The van der Waals surface area contributed by atoms with E-state index in [4.69, 9.17) is 0 Å². The van der Waals surface area contributed by atoms with Gasteiger partial charge in [0, 0.05) is 22.3 Å². The fraction of sp³-hybridized carbons (Fsp3) is 0.0769. The third kappa shape index (κ3) is 1.26. The van der Waals surface area contributed by atoms with Crippen LogP contribution < -0.4 is 0 Å². The van der Waals surface area contributed by atoms with Crippen molar-refractivity contribution in [3.63, 3.8) is 0 Å². The first-order valence-electron chi connectivity index (χ1n) is 4.68. The molecule has 0 amide bonds. The molecule has 0 saturated heterocycles. The minimum absolute atomic E-state index is 0.0832. The molecule has 1 aromatic carbocycles.